The van der Waals surface area contributed by atoms with E-state index in [0.717, 1.165) is 0 Å². The summed E-state index contributed by atoms with van der Waals surface area (Å²) in [6.45, 7) is 2.35. The van der Waals surface area contributed by atoms with Crippen LogP contribution in [0.3, 0.4) is 0 Å². The molecule has 0 aliphatic heterocycles. The van der Waals surface area contributed by atoms with Crippen LogP contribution in [-0.4, -0.2) is 0 Å². The Morgan fingerprint density at radius 1 is 1.33 bits per heavy atom. The summed E-state index contributed by atoms with van der Waals surface area (Å²) in [5.74, 6) is 0. The number of nitrogens with two attached hydrogens (primary N) is 1. The standard InChI is InChI=1S/C12H18BrNS/c1-12(5-3-2-4-6-12)11(14)9-7-15-8-10(9)13/h7-8,11H,2-6,14H2,1H3. The molecule has 2 rings (SSSR count). The summed E-state index contributed by atoms with van der Waals surface area (Å²) in [6.07, 6.45) is 6.61. The highest BCUT2D eigenvalue weighted by molar-refractivity contribution is 9.10. The smallest absolute Gasteiger partial charge is 0.0369 e. The molecule has 84 valence electrons. The van der Waals surface area contributed by atoms with Gasteiger partial charge in [0.15, 0.2) is 0 Å². The predicted octanol–water partition coefficient (Wildman–Crippen LogP) is 4.48. The summed E-state index contributed by atoms with van der Waals surface area (Å²) in [5, 5.41) is 4.32. The second-order valence-electron chi connectivity index (χ2n) is 4.87. The molecule has 2 N–H and O–H groups in total. The summed E-state index contributed by atoms with van der Waals surface area (Å²) in [7, 11) is 0. The van der Waals surface area contributed by atoms with Gasteiger partial charge in [0.05, 0.1) is 0 Å². The van der Waals surface area contributed by atoms with Crippen LogP contribution in [0.1, 0.15) is 50.6 Å². The van der Waals surface area contributed by atoms with Gasteiger partial charge in [0.1, 0.15) is 0 Å². The average molecular weight is 288 g/mol. The van der Waals surface area contributed by atoms with E-state index < -0.39 is 0 Å². The van der Waals surface area contributed by atoms with Crippen LogP contribution in [0.25, 0.3) is 0 Å². The summed E-state index contributed by atoms with van der Waals surface area (Å²) >= 11 is 5.32. The van der Waals surface area contributed by atoms with Crippen molar-refractivity contribution in [3.8, 4) is 0 Å². The van der Waals surface area contributed by atoms with Gasteiger partial charge in [-0.1, -0.05) is 26.2 Å². The van der Waals surface area contributed by atoms with Crippen LogP contribution >= 0.6 is 27.3 Å². The van der Waals surface area contributed by atoms with Crippen molar-refractivity contribution in [3.63, 3.8) is 0 Å². The first-order valence-electron chi connectivity index (χ1n) is 5.61. The molecular weight excluding hydrogens is 270 g/mol. The van der Waals surface area contributed by atoms with Crippen LogP contribution < -0.4 is 5.73 Å². The normalized spacial score (nSPS) is 22.6. The first-order valence-corrected chi connectivity index (χ1v) is 7.34. The second kappa shape index (κ2) is 4.56. The highest BCUT2D eigenvalue weighted by Gasteiger charge is 2.35. The highest BCUT2D eigenvalue weighted by Crippen LogP contribution is 2.46. The molecule has 1 aliphatic rings. The molecule has 1 fully saturated rings. The van der Waals surface area contributed by atoms with E-state index in [4.69, 9.17) is 5.73 Å². The summed E-state index contributed by atoms with van der Waals surface area (Å²) in [6, 6.07) is 0.193. The van der Waals surface area contributed by atoms with E-state index in [1.54, 1.807) is 11.3 Å². The van der Waals surface area contributed by atoms with E-state index in [1.807, 2.05) is 0 Å². The van der Waals surface area contributed by atoms with Gasteiger partial charge in [-0.3, -0.25) is 0 Å². The largest absolute Gasteiger partial charge is 0.323 e. The minimum Gasteiger partial charge on any atom is -0.323 e. The van der Waals surface area contributed by atoms with Crippen molar-refractivity contribution in [1.82, 2.24) is 0 Å². The lowest BCUT2D eigenvalue weighted by atomic mass is 9.69. The number of hydrogen-bond donors (Lipinski definition) is 1. The average Bonchev–Trinajstić information content (AvgIpc) is 2.64. The lowest BCUT2D eigenvalue weighted by molar-refractivity contribution is 0.170. The Bertz CT molecular complexity index is 328. The molecule has 0 saturated heterocycles. The molecule has 1 nitrogen and oxygen atoms in total. The minimum atomic E-state index is 0.193. The zero-order valence-electron chi connectivity index (χ0n) is 9.13. The Morgan fingerprint density at radius 3 is 2.53 bits per heavy atom. The molecule has 0 spiro atoms. The third kappa shape index (κ3) is 2.29. The van der Waals surface area contributed by atoms with Crippen molar-refractivity contribution in [3.05, 3.63) is 20.8 Å². The Labute approximate surface area is 104 Å². The molecule has 1 aromatic heterocycles. The van der Waals surface area contributed by atoms with E-state index in [0.29, 0.717) is 5.41 Å². The Hall–Kier alpha value is 0.140. The molecule has 0 amide bonds. The van der Waals surface area contributed by atoms with Crippen molar-refractivity contribution in [2.75, 3.05) is 0 Å². The first-order chi connectivity index (χ1) is 7.13. The van der Waals surface area contributed by atoms with Crippen molar-refractivity contribution in [2.24, 2.45) is 11.1 Å². The van der Waals surface area contributed by atoms with E-state index in [9.17, 15) is 0 Å². The van der Waals surface area contributed by atoms with Gasteiger partial charge in [0.25, 0.3) is 0 Å². The van der Waals surface area contributed by atoms with Gasteiger partial charge >= 0.3 is 0 Å². The van der Waals surface area contributed by atoms with Crippen LogP contribution in [0.5, 0.6) is 0 Å². The van der Waals surface area contributed by atoms with E-state index in [2.05, 4.69) is 33.6 Å². The Morgan fingerprint density at radius 2 is 2.00 bits per heavy atom. The summed E-state index contributed by atoms with van der Waals surface area (Å²) in [4.78, 5) is 0. The SMILES string of the molecule is CC1(C(N)c2cscc2Br)CCCCC1. The van der Waals surface area contributed by atoms with Gasteiger partial charge in [-0.15, -0.1) is 0 Å². The van der Waals surface area contributed by atoms with Gasteiger partial charge in [0, 0.05) is 15.9 Å². The zero-order valence-corrected chi connectivity index (χ0v) is 11.5. The van der Waals surface area contributed by atoms with Crippen LogP contribution in [0.15, 0.2) is 15.2 Å². The number of halogens is 1. The van der Waals surface area contributed by atoms with Gasteiger partial charge in [-0.05, 0) is 45.1 Å². The molecule has 1 saturated carbocycles. The Kier molecular flexibility index (Phi) is 3.53. The molecule has 15 heavy (non-hydrogen) atoms. The number of rotatable bonds is 2. The summed E-state index contributed by atoms with van der Waals surface area (Å²) in [5.41, 5.74) is 8.03. The molecule has 1 aromatic rings. The third-order valence-electron chi connectivity index (χ3n) is 3.72. The van der Waals surface area contributed by atoms with Gasteiger partial charge in [0.2, 0.25) is 0 Å². The fourth-order valence-electron chi connectivity index (χ4n) is 2.56. The molecule has 3 heteroatoms. The van der Waals surface area contributed by atoms with Crippen molar-refractivity contribution >= 4 is 27.3 Å². The molecule has 0 radical (unpaired) electrons. The third-order valence-corrected chi connectivity index (χ3v) is 5.48. The van der Waals surface area contributed by atoms with E-state index in [-0.39, 0.29) is 6.04 Å². The van der Waals surface area contributed by atoms with Gasteiger partial charge in [-0.2, -0.15) is 11.3 Å². The Balaban J connectivity index is 2.19. The zero-order chi connectivity index (χ0) is 10.9. The topological polar surface area (TPSA) is 26.0 Å². The molecule has 0 aromatic carbocycles. The summed E-state index contributed by atoms with van der Waals surface area (Å²) < 4.78 is 1.19. The van der Waals surface area contributed by atoms with Crippen LogP contribution in [0.2, 0.25) is 0 Å². The monoisotopic (exact) mass is 287 g/mol. The highest BCUT2D eigenvalue weighted by atomic mass is 79.9. The van der Waals surface area contributed by atoms with Crippen LogP contribution in [-0.2, 0) is 0 Å². The quantitative estimate of drug-likeness (QED) is 0.853. The molecule has 0 bridgehead atoms. The second-order valence-corrected chi connectivity index (χ2v) is 6.47. The van der Waals surface area contributed by atoms with Gasteiger partial charge in [-0.25, -0.2) is 0 Å². The molecule has 1 unspecified atom stereocenters. The fraction of sp³-hybridized carbons (Fsp3) is 0.667. The lowest BCUT2D eigenvalue weighted by Gasteiger charge is -2.38. The van der Waals surface area contributed by atoms with Crippen molar-refractivity contribution < 1.29 is 0 Å². The van der Waals surface area contributed by atoms with Crippen molar-refractivity contribution in [1.29, 1.82) is 0 Å². The number of hydrogen-bond acceptors (Lipinski definition) is 2. The molecule has 1 atom stereocenters. The lowest BCUT2D eigenvalue weighted by Crippen LogP contribution is -2.33. The predicted molar refractivity (Wildman–Crippen MR) is 70.1 cm³/mol. The van der Waals surface area contributed by atoms with Gasteiger partial charge < -0.3 is 5.73 Å². The molecule has 1 heterocycles. The van der Waals surface area contributed by atoms with E-state index in [1.165, 1.54) is 42.1 Å². The first kappa shape index (κ1) is 11.6. The fourth-order valence-corrected chi connectivity index (χ4v) is 4.14. The molecule has 1 aliphatic carbocycles. The molecular formula is C12H18BrNS. The maximum Gasteiger partial charge on any atom is 0.0369 e. The van der Waals surface area contributed by atoms with Crippen molar-refractivity contribution in [2.45, 2.75) is 45.1 Å². The minimum absolute atomic E-state index is 0.193. The van der Waals surface area contributed by atoms with E-state index >= 15 is 0 Å². The number of thiophene rings is 1. The maximum atomic E-state index is 6.43. The van der Waals surface area contributed by atoms with Crippen LogP contribution in [0.4, 0.5) is 0 Å². The maximum absolute atomic E-state index is 6.43. The van der Waals surface area contributed by atoms with Crippen LogP contribution in [0, 0.1) is 5.41 Å².